The van der Waals surface area contributed by atoms with Crippen LogP contribution in [0.5, 0.6) is 0 Å². The van der Waals surface area contributed by atoms with E-state index in [1.165, 1.54) is 0 Å². The van der Waals surface area contributed by atoms with Crippen LogP contribution in [0.15, 0.2) is 63.8 Å². The van der Waals surface area contributed by atoms with Crippen molar-refractivity contribution in [3.05, 3.63) is 70.4 Å². The van der Waals surface area contributed by atoms with E-state index in [0.717, 1.165) is 0 Å². The van der Waals surface area contributed by atoms with Gasteiger partial charge < -0.3 is 4.42 Å². The molecule has 0 amide bonds. The molecule has 0 bridgehead atoms. The van der Waals surface area contributed by atoms with E-state index < -0.39 is 6.67 Å². The maximum absolute atomic E-state index is 13.2. The number of para-hydroxylation sites is 1. The zero-order chi connectivity index (χ0) is 13.2. The van der Waals surface area contributed by atoms with Crippen LogP contribution in [0, 0.1) is 0 Å². The van der Waals surface area contributed by atoms with E-state index in [-0.39, 0.29) is 11.0 Å². The molecule has 3 rings (SSSR count). The molecule has 0 fully saturated rings. The number of hydrogen-bond donors (Lipinski definition) is 0. The largest absolute Gasteiger partial charge is 0.455 e. The maximum atomic E-state index is 13.2. The van der Waals surface area contributed by atoms with Crippen molar-refractivity contribution >= 4 is 11.0 Å². The van der Waals surface area contributed by atoms with Crippen LogP contribution in [-0.2, 0) is 6.67 Å². The molecule has 0 aliphatic carbocycles. The second kappa shape index (κ2) is 4.69. The number of rotatable bonds is 2. The third-order valence-corrected chi connectivity index (χ3v) is 3.06. The van der Waals surface area contributed by atoms with Gasteiger partial charge in [-0.05, 0) is 12.1 Å². The molecule has 0 saturated heterocycles. The van der Waals surface area contributed by atoms with Gasteiger partial charge in [0.15, 0.2) is 5.43 Å². The van der Waals surface area contributed by atoms with Crippen LogP contribution in [-0.4, -0.2) is 0 Å². The molecule has 0 aliphatic heterocycles. The van der Waals surface area contributed by atoms with Gasteiger partial charge in [0.25, 0.3) is 0 Å². The Morgan fingerprint density at radius 2 is 1.63 bits per heavy atom. The fourth-order valence-electron chi connectivity index (χ4n) is 2.12. The Hall–Kier alpha value is -2.42. The summed E-state index contributed by atoms with van der Waals surface area (Å²) in [5.74, 6) is 0.312. The van der Waals surface area contributed by atoms with Crippen molar-refractivity contribution in [2.75, 3.05) is 0 Å². The van der Waals surface area contributed by atoms with Gasteiger partial charge in [-0.2, -0.15) is 0 Å². The van der Waals surface area contributed by atoms with Gasteiger partial charge in [-0.1, -0.05) is 42.5 Å². The van der Waals surface area contributed by atoms with Gasteiger partial charge in [-0.3, -0.25) is 4.79 Å². The van der Waals surface area contributed by atoms with E-state index in [4.69, 9.17) is 4.42 Å². The lowest BCUT2D eigenvalue weighted by Gasteiger charge is -2.07. The van der Waals surface area contributed by atoms with Gasteiger partial charge in [0, 0.05) is 5.56 Å². The van der Waals surface area contributed by atoms with E-state index in [9.17, 15) is 9.18 Å². The molecule has 3 aromatic rings. The van der Waals surface area contributed by atoms with Gasteiger partial charge in [0.1, 0.15) is 18.0 Å². The summed E-state index contributed by atoms with van der Waals surface area (Å²) in [6.07, 6.45) is 0. The van der Waals surface area contributed by atoms with Crippen LogP contribution < -0.4 is 5.43 Å². The molecule has 0 N–H and O–H groups in total. The highest BCUT2D eigenvalue weighted by molar-refractivity contribution is 5.80. The van der Waals surface area contributed by atoms with E-state index >= 15 is 0 Å². The molecule has 0 atom stereocenters. The smallest absolute Gasteiger partial charge is 0.199 e. The summed E-state index contributed by atoms with van der Waals surface area (Å²) in [7, 11) is 0. The van der Waals surface area contributed by atoms with Crippen molar-refractivity contribution < 1.29 is 8.81 Å². The van der Waals surface area contributed by atoms with E-state index in [1.54, 1.807) is 36.4 Å². The number of halogens is 1. The third-order valence-electron chi connectivity index (χ3n) is 3.06. The molecule has 19 heavy (non-hydrogen) atoms. The summed E-state index contributed by atoms with van der Waals surface area (Å²) in [6, 6.07) is 16.0. The minimum atomic E-state index is -0.836. The molecule has 3 heteroatoms. The van der Waals surface area contributed by atoms with Crippen LogP contribution >= 0.6 is 0 Å². The molecule has 94 valence electrons. The quantitative estimate of drug-likeness (QED) is 0.693. The summed E-state index contributed by atoms with van der Waals surface area (Å²) in [6.45, 7) is -0.836. The highest BCUT2D eigenvalue weighted by Crippen LogP contribution is 2.26. The summed E-state index contributed by atoms with van der Waals surface area (Å²) < 4.78 is 18.9. The van der Waals surface area contributed by atoms with Crippen LogP contribution in [0.2, 0.25) is 0 Å². The molecule has 1 aromatic heterocycles. The van der Waals surface area contributed by atoms with Crippen LogP contribution in [0.4, 0.5) is 4.39 Å². The van der Waals surface area contributed by atoms with E-state index in [1.807, 2.05) is 18.2 Å². The second-order valence-electron chi connectivity index (χ2n) is 4.23. The van der Waals surface area contributed by atoms with Gasteiger partial charge in [0.05, 0.1) is 10.9 Å². The predicted octanol–water partition coefficient (Wildman–Crippen LogP) is 3.93. The Morgan fingerprint density at radius 3 is 2.37 bits per heavy atom. The monoisotopic (exact) mass is 254 g/mol. The van der Waals surface area contributed by atoms with Crippen LogP contribution in [0.25, 0.3) is 22.3 Å². The predicted molar refractivity (Wildman–Crippen MR) is 72.7 cm³/mol. The van der Waals surface area contributed by atoms with Gasteiger partial charge in [-0.15, -0.1) is 0 Å². The van der Waals surface area contributed by atoms with Crippen molar-refractivity contribution in [2.24, 2.45) is 0 Å². The van der Waals surface area contributed by atoms with Gasteiger partial charge >= 0.3 is 0 Å². The normalized spacial score (nSPS) is 10.8. The SMILES string of the molecule is O=c1c(CF)c(-c2ccccc2)oc2ccccc12. The first-order valence-electron chi connectivity index (χ1n) is 5.97. The Bertz CT molecular complexity index is 776. The van der Waals surface area contributed by atoms with Crippen molar-refractivity contribution in [1.29, 1.82) is 0 Å². The van der Waals surface area contributed by atoms with Crippen molar-refractivity contribution in [1.82, 2.24) is 0 Å². The average molecular weight is 254 g/mol. The Kier molecular flexibility index (Phi) is 2.88. The Balaban J connectivity index is 2.39. The maximum Gasteiger partial charge on any atom is 0.199 e. The average Bonchev–Trinajstić information content (AvgIpc) is 2.48. The van der Waals surface area contributed by atoms with Crippen LogP contribution in [0.3, 0.4) is 0 Å². The topological polar surface area (TPSA) is 30.2 Å². The molecule has 0 unspecified atom stereocenters. The summed E-state index contributed by atoms with van der Waals surface area (Å²) >= 11 is 0. The minimum absolute atomic E-state index is 0.0740. The molecule has 0 saturated carbocycles. The van der Waals surface area contributed by atoms with Crippen molar-refractivity contribution in [3.63, 3.8) is 0 Å². The van der Waals surface area contributed by atoms with Gasteiger partial charge in [0.2, 0.25) is 0 Å². The first kappa shape index (κ1) is 11.7. The number of alkyl halides is 1. The first-order chi connectivity index (χ1) is 9.31. The number of benzene rings is 2. The molecular weight excluding hydrogens is 243 g/mol. The number of fused-ring (bicyclic) bond motifs is 1. The number of hydrogen-bond acceptors (Lipinski definition) is 2. The fraction of sp³-hybridized carbons (Fsp3) is 0.0625. The first-order valence-corrected chi connectivity index (χ1v) is 5.97. The molecule has 0 aliphatic rings. The Labute approximate surface area is 109 Å². The molecule has 2 aromatic carbocycles. The van der Waals surface area contributed by atoms with E-state index in [0.29, 0.717) is 22.3 Å². The molecule has 0 spiro atoms. The van der Waals surface area contributed by atoms with E-state index in [2.05, 4.69) is 0 Å². The lowest BCUT2D eigenvalue weighted by atomic mass is 10.1. The lowest BCUT2D eigenvalue weighted by molar-refractivity contribution is 0.473. The molecule has 0 radical (unpaired) electrons. The fourth-order valence-corrected chi connectivity index (χ4v) is 2.12. The van der Waals surface area contributed by atoms with Crippen LogP contribution in [0.1, 0.15) is 5.56 Å². The zero-order valence-electron chi connectivity index (χ0n) is 10.1. The van der Waals surface area contributed by atoms with Crippen molar-refractivity contribution in [2.45, 2.75) is 6.67 Å². The summed E-state index contributed by atoms with van der Waals surface area (Å²) in [4.78, 5) is 12.3. The molecular formula is C16H11FO2. The standard InChI is InChI=1S/C16H11FO2/c17-10-13-15(18)12-8-4-5-9-14(12)19-16(13)11-6-2-1-3-7-11/h1-9H,10H2. The summed E-state index contributed by atoms with van der Waals surface area (Å²) in [5.41, 5.74) is 0.953. The Morgan fingerprint density at radius 1 is 0.947 bits per heavy atom. The lowest BCUT2D eigenvalue weighted by Crippen LogP contribution is -2.09. The van der Waals surface area contributed by atoms with Crippen molar-refractivity contribution in [3.8, 4) is 11.3 Å². The minimum Gasteiger partial charge on any atom is -0.455 e. The highest BCUT2D eigenvalue weighted by Gasteiger charge is 2.15. The molecule has 1 heterocycles. The third kappa shape index (κ3) is 1.93. The highest BCUT2D eigenvalue weighted by atomic mass is 19.1. The van der Waals surface area contributed by atoms with Gasteiger partial charge in [-0.25, -0.2) is 4.39 Å². The molecule has 2 nitrogen and oxygen atoms in total. The summed E-state index contributed by atoms with van der Waals surface area (Å²) in [5, 5.41) is 0.412. The second-order valence-corrected chi connectivity index (χ2v) is 4.23. The zero-order valence-corrected chi connectivity index (χ0v) is 10.1.